The monoisotopic (exact) mass is 222 g/mol. The molecule has 5 heteroatoms. The van der Waals surface area contributed by atoms with Crippen LogP contribution in [-0.2, 0) is 0 Å². The molecule has 1 fully saturated rings. The zero-order chi connectivity index (χ0) is 11.5. The van der Waals surface area contributed by atoms with Crippen LogP contribution in [0, 0.1) is 11.2 Å². The third-order valence-electron chi connectivity index (χ3n) is 2.79. The van der Waals surface area contributed by atoms with E-state index in [1.54, 1.807) is 6.07 Å². The highest BCUT2D eigenvalue weighted by atomic mass is 19.1. The lowest BCUT2D eigenvalue weighted by atomic mass is 10.2. The van der Waals surface area contributed by atoms with Crippen LogP contribution in [0.5, 0.6) is 0 Å². The van der Waals surface area contributed by atoms with Crippen molar-refractivity contribution in [2.24, 2.45) is 0 Å². The standard InChI is InChI=1S/C11H15FN4/c1-15-4-6-16(7-5-15)11(13)10-3-2-9(12)8-14-10/h2-3,8,13H,4-7H2,1H3. The molecule has 0 bridgehead atoms. The molecular formula is C11H15FN4. The van der Waals surface area contributed by atoms with Crippen LogP contribution in [-0.4, -0.2) is 53.8 Å². The van der Waals surface area contributed by atoms with E-state index in [1.165, 1.54) is 6.07 Å². The molecule has 0 radical (unpaired) electrons. The van der Waals surface area contributed by atoms with Crippen molar-refractivity contribution >= 4 is 5.84 Å². The lowest BCUT2D eigenvalue weighted by Crippen LogP contribution is -2.47. The number of hydrogen-bond donors (Lipinski definition) is 1. The molecule has 1 aliphatic rings. The van der Waals surface area contributed by atoms with Crippen molar-refractivity contribution in [3.63, 3.8) is 0 Å². The van der Waals surface area contributed by atoms with Gasteiger partial charge in [-0.15, -0.1) is 0 Å². The van der Waals surface area contributed by atoms with E-state index in [9.17, 15) is 4.39 Å². The zero-order valence-electron chi connectivity index (χ0n) is 9.28. The molecule has 2 rings (SSSR count). The molecule has 16 heavy (non-hydrogen) atoms. The highest BCUT2D eigenvalue weighted by Crippen LogP contribution is 2.06. The number of halogens is 1. The molecule has 4 nitrogen and oxygen atoms in total. The summed E-state index contributed by atoms with van der Waals surface area (Å²) in [6.45, 7) is 3.55. The molecule has 2 heterocycles. The summed E-state index contributed by atoms with van der Waals surface area (Å²) in [4.78, 5) is 8.11. The molecule has 0 saturated carbocycles. The molecule has 0 atom stereocenters. The van der Waals surface area contributed by atoms with Gasteiger partial charge in [0.2, 0.25) is 0 Å². The zero-order valence-corrected chi connectivity index (χ0v) is 9.28. The first-order valence-corrected chi connectivity index (χ1v) is 5.31. The lowest BCUT2D eigenvalue weighted by Gasteiger charge is -2.33. The number of nitrogens with one attached hydrogen (secondary N) is 1. The van der Waals surface area contributed by atoms with Gasteiger partial charge in [-0.1, -0.05) is 0 Å². The largest absolute Gasteiger partial charge is 0.353 e. The minimum atomic E-state index is -0.366. The van der Waals surface area contributed by atoms with E-state index in [-0.39, 0.29) is 5.82 Å². The van der Waals surface area contributed by atoms with Gasteiger partial charge in [0.25, 0.3) is 0 Å². The second-order valence-electron chi connectivity index (χ2n) is 4.00. The van der Waals surface area contributed by atoms with E-state index >= 15 is 0 Å². The predicted molar refractivity (Wildman–Crippen MR) is 60.1 cm³/mol. The topological polar surface area (TPSA) is 43.2 Å². The highest BCUT2D eigenvalue weighted by molar-refractivity contribution is 5.94. The predicted octanol–water partition coefficient (Wildman–Crippen LogP) is 0.793. The van der Waals surface area contributed by atoms with E-state index in [1.807, 2.05) is 4.90 Å². The van der Waals surface area contributed by atoms with Crippen molar-refractivity contribution in [2.45, 2.75) is 0 Å². The minimum Gasteiger partial charge on any atom is -0.353 e. The number of aromatic nitrogens is 1. The maximum atomic E-state index is 12.7. The van der Waals surface area contributed by atoms with Gasteiger partial charge >= 0.3 is 0 Å². The summed E-state index contributed by atoms with van der Waals surface area (Å²) in [6.07, 6.45) is 1.15. The fourth-order valence-corrected chi connectivity index (χ4v) is 1.71. The van der Waals surface area contributed by atoms with Crippen molar-refractivity contribution in [1.82, 2.24) is 14.8 Å². The second-order valence-corrected chi connectivity index (χ2v) is 4.00. The third-order valence-corrected chi connectivity index (χ3v) is 2.79. The van der Waals surface area contributed by atoms with Gasteiger partial charge in [0.1, 0.15) is 17.3 Å². The second kappa shape index (κ2) is 4.57. The molecule has 1 N–H and O–H groups in total. The summed E-state index contributed by atoms with van der Waals surface area (Å²) >= 11 is 0. The fourth-order valence-electron chi connectivity index (χ4n) is 1.71. The molecule has 0 aromatic carbocycles. The normalized spacial score (nSPS) is 17.5. The Labute approximate surface area is 94.2 Å². The van der Waals surface area contributed by atoms with E-state index < -0.39 is 0 Å². The first-order chi connectivity index (χ1) is 7.66. The molecule has 0 amide bonds. The lowest BCUT2D eigenvalue weighted by molar-refractivity contribution is 0.215. The van der Waals surface area contributed by atoms with Crippen LogP contribution < -0.4 is 0 Å². The number of hydrogen-bond acceptors (Lipinski definition) is 3. The average molecular weight is 222 g/mol. The van der Waals surface area contributed by atoms with Crippen LogP contribution in [0.4, 0.5) is 4.39 Å². The smallest absolute Gasteiger partial charge is 0.147 e. The first-order valence-electron chi connectivity index (χ1n) is 5.31. The van der Waals surface area contributed by atoms with Crippen LogP contribution in [0.3, 0.4) is 0 Å². The molecule has 86 valence electrons. The summed E-state index contributed by atoms with van der Waals surface area (Å²) in [5.41, 5.74) is 0.533. The molecule has 0 spiro atoms. The molecule has 0 unspecified atom stereocenters. The maximum Gasteiger partial charge on any atom is 0.147 e. The SMILES string of the molecule is CN1CCN(C(=N)c2ccc(F)cn2)CC1. The first kappa shape index (κ1) is 11.0. The van der Waals surface area contributed by atoms with Crippen LogP contribution in [0.2, 0.25) is 0 Å². The van der Waals surface area contributed by atoms with Crippen LogP contribution in [0.15, 0.2) is 18.3 Å². The van der Waals surface area contributed by atoms with E-state index in [4.69, 9.17) is 5.41 Å². The summed E-state index contributed by atoms with van der Waals surface area (Å²) in [6, 6.07) is 2.89. The van der Waals surface area contributed by atoms with Gasteiger partial charge in [0.15, 0.2) is 0 Å². The van der Waals surface area contributed by atoms with Gasteiger partial charge in [0.05, 0.1) is 6.20 Å². The summed E-state index contributed by atoms with van der Waals surface area (Å²) < 4.78 is 12.7. The van der Waals surface area contributed by atoms with E-state index in [0.29, 0.717) is 11.5 Å². The Balaban J connectivity index is 2.05. The van der Waals surface area contributed by atoms with Crippen LogP contribution >= 0.6 is 0 Å². The van der Waals surface area contributed by atoms with E-state index in [0.717, 1.165) is 32.4 Å². The minimum absolute atomic E-state index is 0.366. The van der Waals surface area contributed by atoms with E-state index in [2.05, 4.69) is 16.9 Å². The number of likely N-dealkylation sites (N-methyl/N-ethyl adjacent to an activating group) is 1. The number of amidine groups is 1. The number of piperazine rings is 1. The molecule has 1 aliphatic heterocycles. The van der Waals surface area contributed by atoms with Crippen molar-refractivity contribution in [3.05, 3.63) is 29.8 Å². The van der Waals surface area contributed by atoms with Crippen LogP contribution in [0.1, 0.15) is 5.69 Å². The Morgan fingerprint density at radius 3 is 2.56 bits per heavy atom. The Kier molecular flexibility index (Phi) is 3.14. The summed E-state index contributed by atoms with van der Waals surface area (Å²) in [5.74, 6) is 0.0167. The molecule has 1 aromatic heterocycles. The number of rotatable bonds is 1. The van der Waals surface area contributed by atoms with Crippen molar-refractivity contribution in [1.29, 1.82) is 5.41 Å². The molecule has 1 saturated heterocycles. The molecule has 0 aliphatic carbocycles. The molecular weight excluding hydrogens is 207 g/mol. The number of nitrogens with zero attached hydrogens (tertiary/aromatic N) is 3. The number of pyridine rings is 1. The maximum absolute atomic E-state index is 12.7. The Hall–Kier alpha value is -1.49. The highest BCUT2D eigenvalue weighted by Gasteiger charge is 2.18. The third kappa shape index (κ3) is 2.36. The average Bonchev–Trinajstić information content (AvgIpc) is 2.30. The summed E-state index contributed by atoms with van der Waals surface area (Å²) in [7, 11) is 2.07. The Morgan fingerprint density at radius 2 is 2.00 bits per heavy atom. The van der Waals surface area contributed by atoms with Gasteiger partial charge in [-0.05, 0) is 19.2 Å². The van der Waals surface area contributed by atoms with Gasteiger partial charge in [-0.2, -0.15) is 0 Å². The Bertz CT molecular complexity index is 368. The van der Waals surface area contributed by atoms with Crippen LogP contribution in [0.25, 0.3) is 0 Å². The van der Waals surface area contributed by atoms with Crippen molar-refractivity contribution < 1.29 is 4.39 Å². The van der Waals surface area contributed by atoms with Crippen molar-refractivity contribution in [2.75, 3.05) is 33.2 Å². The molecule has 1 aromatic rings. The van der Waals surface area contributed by atoms with Crippen molar-refractivity contribution in [3.8, 4) is 0 Å². The Morgan fingerprint density at radius 1 is 1.31 bits per heavy atom. The summed E-state index contributed by atoms with van der Waals surface area (Å²) in [5, 5.41) is 7.98. The van der Waals surface area contributed by atoms with Gasteiger partial charge in [0, 0.05) is 26.2 Å². The quantitative estimate of drug-likeness (QED) is 0.564. The fraction of sp³-hybridized carbons (Fsp3) is 0.455. The van der Waals surface area contributed by atoms with Gasteiger partial charge in [-0.25, -0.2) is 9.37 Å². The van der Waals surface area contributed by atoms with Gasteiger partial charge in [-0.3, -0.25) is 5.41 Å². The van der Waals surface area contributed by atoms with Gasteiger partial charge < -0.3 is 9.80 Å².